The molecule has 0 saturated heterocycles. The lowest BCUT2D eigenvalue weighted by Gasteiger charge is -2.34. The summed E-state index contributed by atoms with van der Waals surface area (Å²) >= 11 is 0. The van der Waals surface area contributed by atoms with Crippen LogP contribution in [0.15, 0.2) is 17.3 Å². The number of ether oxygens (including phenoxy) is 1. The predicted molar refractivity (Wildman–Crippen MR) is 136 cm³/mol. The average molecular weight is 549 g/mol. The zero-order chi connectivity index (χ0) is 22.2. The fourth-order valence-electron chi connectivity index (χ4n) is 3.73. The first-order chi connectivity index (χ1) is 14.2. The third-order valence-electron chi connectivity index (χ3n) is 5.74. The highest BCUT2D eigenvalue weighted by atomic mass is 127. The van der Waals surface area contributed by atoms with Crippen molar-refractivity contribution in [2.45, 2.75) is 96.9 Å². The summed E-state index contributed by atoms with van der Waals surface area (Å²) < 4.78 is 7.55. The number of amides is 1. The van der Waals surface area contributed by atoms with Gasteiger partial charge in [0, 0.05) is 19.8 Å². The predicted octanol–water partition coefficient (Wildman–Crippen LogP) is 4.36. The molecule has 1 fully saturated rings. The summed E-state index contributed by atoms with van der Waals surface area (Å²) in [6.45, 7) is 10.9. The van der Waals surface area contributed by atoms with E-state index in [-0.39, 0.29) is 24.0 Å². The van der Waals surface area contributed by atoms with Crippen molar-refractivity contribution >= 4 is 36.0 Å². The second-order valence-electron chi connectivity index (χ2n) is 9.12. The minimum atomic E-state index is -0.524. The molecule has 1 aromatic rings. The second kappa shape index (κ2) is 12.5. The molecule has 0 unspecified atom stereocenters. The van der Waals surface area contributed by atoms with Crippen LogP contribution in [0.1, 0.15) is 84.9 Å². The molecule has 1 heterocycles. The molecule has 0 aromatic carbocycles. The maximum absolute atomic E-state index is 12.3. The lowest BCUT2D eigenvalue weighted by molar-refractivity contribution is 0.0448. The lowest BCUT2D eigenvalue weighted by Crippen LogP contribution is -2.57. The van der Waals surface area contributed by atoms with Crippen LogP contribution < -0.4 is 16.0 Å². The minimum absolute atomic E-state index is 0. The van der Waals surface area contributed by atoms with E-state index in [4.69, 9.17) is 9.84 Å². The summed E-state index contributed by atoms with van der Waals surface area (Å²) in [6, 6.07) is 2.61. The summed E-state index contributed by atoms with van der Waals surface area (Å²) in [7, 11) is 1.74. The highest BCUT2D eigenvalue weighted by Gasteiger charge is 2.30. The topological polar surface area (TPSA) is 92.6 Å². The van der Waals surface area contributed by atoms with Crippen molar-refractivity contribution in [1.82, 2.24) is 25.7 Å². The quantitative estimate of drug-likeness (QED) is 0.255. The smallest absolute Gasteiger partial charge is 0.408 e. The largest absolute Gasteiger partial charge is 0.444 e. The molecule has 178 valence electrons. The molecule has 8 nitrogen and oxygen atoms in total. The van der Waals surface area contributed by atoms with Crippen LogP contribution in [-0.2, 0) is 11.3 Å². The van der Waals surface area contributed by atoms with E-state index in [9.17, 15) is 4.79 Å². The third kappa shape index (κ3) is 8.86. The van der Waals surface area contributed by atoms with Gasteiger partial charge in [0.1, 0.15) is 5.60 Å². The molecule has 0 aliphatic heterocycles. The molecule has 31 heavy (non-hydrogen) atoms. The van der Waals surface area contributed by atoms with E-state index in [0.29, 0.717) is 25.1 Å². The van der Waals surface area contributed by atoms with Crippen LogP contribution in [0.4, 0.5) is 4.79 Å². The van der Waals surface area contributed by atoms with Crippen LogP contribution in [0.2, 0.25) is 0 Å². The zero-order valence-electron chi connectivity index (χ0n) is 20.0. The molecular weight excluding hydrogens is 507 g/mol. The number of carbonyl (C=O) groups is 1. The number of aliphatic imine (C=N–C) groups is 1. The fraction of sp³-hybridized carbons (Fsp3) is 0.773. The minimum Gasteiger partial charge on any atom is -0.444 e. The molecule has 1 aromatic heterocycles. The van der Waals surface area contributed by atoms with Gasteiger partial charge >= 0.3 is 6.09 Å². The summed E-state index contributed by atoms with van der Waals surface area (Å²) in [5.41, 5.74) is 0.0581. The number of guanidine groups is 1. The van der Waals surface area contributed by atoms with Gasteiger partial charge < -0.3 is 20.7 Å². The van der Waals surface area contributed by atoms with Crippen LogP contribution in [0.3, 0.4) is 0 Å². The lowest BCUT2D eigenvalue weighted by atomic mass is 9.93. The molecule has 0 atom stereocenters. The number of halogens is 1. The summed E-state index contributed by atoms with van der Waals surface area (Å²) in [6.07, 6.45) is 8.26. The number of aromatic nitrogens is 2. The van der Waals surface area contributed by atoms with Gasteiger partial charge in [-0.15, -0.1) is 24.0 Å². The Bertz CT molecular complexity index is 703. The van der Waals surface area contributed by atoms with Crippen LogP contribution >= 0.6 is 24.0 Å². The molecule has 1 amide bonds. The Morgan fingerprint density at radius 2 is 1.87 bits per heavy atom. The Kier molecular flexibility index (Phi) is 11.1. The normalized spacial score (nSPS) is 15.4. The number of carbonyl (C=O) groups excluding carboxylic acids is 1. The SMILES string of the molecule is CCC(CC)(CNC(=NC)NCc1ccn(C2CCCC2)n1)NC(=O)OC(C)(C)C.I. The molecule has 9 heteroatoms. The average Bonchev–Trinajstić information content (AvgIpc) is 3.37. The van der Waals surface area contributed by atoms with Crippen LogP contribution in [0.25, 0.3) is 0 Å². The van der Waals surface area contributed by atoms with E-state index in [1.165, 1.54) is 25.7 Å². The molecule has 1 saturated carbocycles. The number of nitrogens with zero attached hydrogens (tertiary/aromatic N) is 3. The third-order valence-corrected chi connectivity index (χ3v) is 5.74. The van der Waals surface area contributed by atoms with E-state index in [1.807, 2.05) is 20.8 Å². The summed E-state index contributed by atoms with van der Waals surface area (Å²) in [5, 5.41) is 14.4. The highest BCUT2D eigenvalue weighted by Crippen LogP contribution is 2.28. The number of rotatable bonds is 8. The van der Waals surface area contributed by atoms with Crippen molar-refractivity contribution in [3.05, 3.63) is 18.0 Å². The molecule has 2 rings (SSSR count). The van der Waals surface area contributed by atoms with Gasteiger partial charge in [0.15, 0.2) is 5.96 Å². The van der Waals surface area contributed by atoms with Crippen LogP contribution in [-0.4, -0.2) is 46.6 Å². The van der Waals surface area contributed by atoms with E-state index in [2.05, 4.69) is 51.7 Å². The van der Waals surface area contributed by atoms with Crippen molar-refractivity contribution in [3.8, 4) is 0 Å². The number of hydrogen-bond donors (Lipinski definition) is 3. The Hall–Kier alpha value is -1.52. The van der Waals surface area contributed by atoms with Crippen molar-refractivity contribution in [3.63, 3.8) is 0 Å². The van der Waals surface area contributed by atoms with Gasteiger partial charge in [0.05, 0.1) is 23.8 Å². The van der Waals surface area contributed by atoms with Gasteiger partial charge in [0.2, 0.25) is 0 Å². The fourth-order valence-corrected chi connectivity index (χ4v) is 3.73. The molecular formula is C22H41IN6O2. The molecule has 0 bridgehead atoms. The Morgan fingerprint density at radius 1 is 1.23 bits per heavy atom. The highest BCUT2D eigenvalue weighted by molar-refractivity contribution is 14.0. The molecule has 3 N–H and O–H groups in total. The molecule has 0 radical (unpaired) electrons. The van der Waals surface area contributed by atoms with Crippen molar-refractivity contribution < 1.29 is 9.53 Å². The Labute approximate surface area is 204 Å². The maximum atomic E-state index is 12.3. The Morgan fingerprint density at radius 3 is 2.42 bits per heavy atom. The van der Waals surface area contributed by atoms with Gasteiger partial charge in [-0.25, -0.2) is 4.79 Å². The van der Waals surface area contributed by atoms with Crippen LogP contribution in [0, 0.1) is 0 Å². The van der Waals surface area contributed by atoms with Crippen LogP contribution in [0.5, 0.6) is 0 Å². The molecule has 1 aliphatic rings. The standard InChI is InChI=1S/C22H40N6O2.HI/c1-7-22(8-2,26-20(29)30-21(3,4)5)16-25-19(23-6)24-15-17-13-14-28(27-17)18-11-9-10-12-18;/h13-14,18H,7-12,15-16H2,1-6H3,(H,26,29)(H2,23,24,25);1H. The van der Waals surface area contributed by atoms with E-state index >= 15 is 0 Å². The van der Waals surface area contributed by atoms with Crippen molar-refractivity contribution in [2.75, 3.05) is 13.6 Å². The number of nitrogens with one attached hydrogen (secondary N) is 3. The number of alkyl carbamates (subject to hydrolysis) is 1. The monoisotopic (exact) mass is 548 g/mol. The molecule has 1 aliphatic carbocycles. The van der Waals surface area contributed by atoms with Gasteiger partial charge in [-0.3, -0.25) is 9.67 Å². The first kappa shape index (κ1) is 27.5. The summed E-state index contributed by atoms with van der Waals surface area (Å²) in [5.74, 6) is 0.683. The van der Waals surface area contributed by atoms with E-state index in [1.54, 1.807) is 7.05 Å². The number of hydrogen-bond acceptors (Lipinski definition) is 4. The van der Waals surface area contributed by atoms with Gasteiger partial charge in [-0.2, -0.15) is 5.10 Å². The van der Waals surface area contributed by atoms with Gasteiger partial charge in [0.25, 0.3) is 0 Å². The van der Waals surface area contributed by atoms with Gasteiger partial charge in [-0.1, -0.05) is 26.7 Å². The molecule has 0 spiro atoms. The van der Waals surface area contributed by atoms with E-state index in [0.717, 1.165) is 18.5 Å². The van der Waals surface area contributed by atoms with Gasteiger partial charge in [-0.05, 0) is 52.5 Å². The Balaban J connectivity index is 0.00000480. The maximum Gasteiger partial charge on any atom is 0.408 e. The first-order valence-corrected chi connectivity index (χ1v) is 11.2. The van der Waals surface area contributed by atoms with E-state index < -0.39 is 17.2 Å². The second-order valence-corrected chi connectivity index (χ2v) is 9.12. The van der Waals surface area contributed by atoms with Crippen molar-refractivity contribution in [2.24, 2.45) is 4.99 Å². The zero-order valence-corrected chi connectivity index (χ0v) is 22.3. The summed E-state index contributed by atoms with van der Waals surface area (Å²) in [4.78, 5) is 16.6. The van der Waals surface area contributed by atoms with Crippen molar-refractivity contribution in [1.29, 1.82) is 0 Å². The first-order valence-electron chi connectivity index (χ1n) is 11.2.